The average molecular weight is 185 g/mol. The zero-order chi connectivity index (χ0) is 10.5. The summed E-state index contributed by atoms with van der Waals surface area (Å²) >= 11 is 0. The first kappa shape index (κ1) is 13.0. The summed E-state index contributed by atoms with van der Waals surface area (Å²) in [5.74, 6) is 0.828. The normalized spacial score (nSPS) is 12.9. The van der Waals surface area contributed by atoms with Crippen LogP contribution in [-0.4, -0.2) is 24.5 Å². The van der Waals surface area contributed by atoms with Crippen LogP contribution < -0.4 is 0 Å². The van der Waals surface area contributed by atoms with Gasteiger partial charge in [0.05, 0.1) is 0 Å². The highest BCUT2D eigenvalue weighted by molar-refractivity contribution is 4.68. The maximum absolute atomic E-state index is 2.56. The molecule has 0 heterocycles. The van der Waals surface area contributed by atoms with Crippen LogP contribution >= 0.6 is 0 Å². The predicted octanol–water partition coefficient (Wildman–Crippen LogP) is 3.40. The second-order valence-electron chi connectivity index (χ2n) is 5.61. The van der Waals surface area contributed by atoms with E-state index in [2.05, 4.69) is 46.4 Å². The van der Waals surface area contributed by atoms with Crippen LogP contribution in [0.15, 0.2) is 0 Å². The molecule has 0 radical (unpaired) electrons. The number of hydrogen-bond acceptors (Lipinski definition) is 1. The zero-order valence-corrected chi connectivity index (χ0v) is 10.4. The molecule has 0 N–H and O–H groups in total. The van der Waals surface area contributed by atoms with E-state index < -0.39 is 0 Å². The molecule has 0 aromatic rings. The van der Waals surface area contributed by atoms with Gasteiger partial charge < -0.3 is 4.90 Å². The van der Waals surface area contributed by atoms with E-state index in [0.717, 1.165) is 5.92 Å². The summed E-state index contributed by atoms with van der Waals surface area (Å²) in [4.78, 5) is 2.56. The lowest BCUT2D eigenvalue weighted by Gasteiger charge is -2.29. The SMILES string of the molecule is CCN(CCC(C)C)CC(C)(C)C. The van der Waals surface area contributed by atoms with Crippen LogP contribution in [0.1, 0.15) is 48.0 Å². The van der Waals surface area contributed by atoms with Crippen molar-refractivity contribution in [2.75, 3.05) is 19.6 Å². The van der Waals surface area contributed by atoms with Gasteiger partial charge in [-0.2, -0.15) is 0 Å². The lowest BCUT2D eigenvalue weighted by Crippen LogP contribution is -2.33. The molecule has 0 spiro atoms. The lowest BCUT2D eigenvalue weighted by molar-refractivity contribution is 0.191. The van der Waals surface area contributed by atoms with Crippen molar-refractivity contribution in [3.63, 3.8) is 0 Å². The minimum absolute atomic E-state index is 0.437. The van der Waals surface area contributed by atoms with E-state index >= 15 is 0 Å². The average Bonchev–Trinajstić information content (AvgIpc) is 1.95. The molecule has 0 unspecified atom stereocenters. The molecule has 1 nitrogen and oxygen atoms in total. The highest BCUT2D eigenvalue weighted by Crippen LogP contribution is 2.15. The molecule has 0 amide bonds. The van der Waals surface area contributed by atoms with Crippen molar-refractivity contribution in [1.82, 2.24) is 4.90 Å². The fourth-order valence-electron chi connectivity index (χ4n) is 1.46. The summed E-state index contributed by atoms with van der Waals surface area (Å²) in [6.07, 6.45) is 1.32. The van der Waals surface area contributed by atoms with E-state index in [4.69, 9.17) is 0 Å². The van der Waals surface area contributed by atoms with Crippen molar-refractivity contribution in [3.05, 3.63) is 0 Å². The van der Waals surface area contributed by atoms with Gasteiger partial charge in [0.1, 0.15) is 0 Å². The van der Waals surface area contributed by atoms with Crippen molar-refractivity contribution in [3.8, 4) is 0 Å². The summed E-state index contributed by atoms with van der Waals surface area (Å²) in [6.45, 7) is 17.4. The van der Waals surface area contributed by atoms with Gasteiger partial charge in [-0.1, -0.05) is 41.5 Å². The zero-order valence-electron chi connectivity index (χ0n) is 10.4. The highest BCUT2D eigenvalue weighted by atomic mass is 15.1. The largest absolute Gasteiger partial charge is 0.303 e. The summed E-state index contributed by atoms with van der Waals surface area (Å²) < 4.78 is 0. The van der Waals surface area contributed by atoms with Crippen molar-refractivity contribution >= 4 is 0 Å². The van der Waals surface area contributed by atoms with E-state index in [1.165, 1.54) is 26.1 Å². The molecule has 0 aromatic heterocycles. The summed E-state index contributed by atoms with van der Waals surface area (Å²) in [6, 6.07) is 0. The Bertz CT molecular complexity index is 122. The van der Waals surface area contributed by atoms with Crippen molar-refractivity contribution < 1.29 is 0 Å². The smallest absolute Gasteiger partial charge is 0.00299 e. The number of rotatable bonds is 5. The van der Waals surface area contributed by atoms with E-state index in [-0.39, 0.29) is 0 Å². The maximum Gasteiger partial charge on any atom is 0.00299 e. The maximum atomic E-state index is 2.56. The summed E-state index contributed by atoms with van der Waals surface area (Å²) in [5, 5.41) is 0. The van der Waals surface area contributed by atoms with E-state index in [0.29, 0.717) is 5.41 Å². The predicted molar refractivity (Wildman–Crippen MR) is 61.0 cm³/mol. The van der Waals surface area contributed by atoms with Gasteiger partial charge in [-0.3, -0.25) is 0 Å². The van der Waals surface area contributed by atoms with Gasteiger partial charge in [0, 0.05) is 6.54 Å². The molecule has 0 aromatic carbocycles. The Morgan fingerprint density at radius 2 is 1.69 bits per heavy atom. The van der Waals surface area contributed by atoms with E-state index in [9.17, 15) is 0 Å². The molecule has 80 valence electrons. The quantitative estimate of drug-likeness (QED) is 0.634. The first-order valence-electron chi connectivity index (χ1n) is 5.57. The minimum Gasteiger partial charge on any atom is -0.303 e. The van der Waals surface area contributed by atoms with E-state index in [1.54, 1.807) is 0 Å². The van der Waals surface area contributed by atoms with Gasteiger partial charge in [-0.15, -0.1) is 0 Å². The summed E-state index contributed by atoms with van der Waals surface area (Å²) in [5.41, 5.74) is 0.437. The third-order valence-corrected chi connectivity index (χ3v) is 2.17. The van der Waals surface area contributed by atoms with Gasteiger partial charge in [0.2, 0.25) is 0 Å². The van der Waals surface area contributed by atoms with Gasteiger partial charge >= 0.3 is 0 Å². The second kappa shape index (κ2) is 5.64. The minimum atomic E-state index is 0.437. The molecular formula is C12H27N. The van der Waals surface area contributed by atoms with Crippen molar-refractivity contribution in [2.45, 2.75) is 48.0 Å². The molecule has 0 saturated heterocycles. The van der Waals surface area contributed by atoms with Crippen LogP contribution in [0.25, 0.3) is 0 Å². The van der Waals surface area contributed by atoms with E-state index in [1.807, 2.05) is 0 Å². The van der Waals surface area contributed by atoms with Crippen LogP contribution in [-0.2, 0) is 0 Å². The summed E-state index contributed by atoms with van der Waals surface area (Å²) in [7, 11) is 0. The fraction of sp³-hybridized carbons (Fsp3) is 1.00. The molecule has 13 heavy (non-hydrogen) atoms. The molecule has 0 aliphatic carbocycles. The molecule has 0 saturated carbocycles. The van der Waals surface area contributed by atoms with Crippen LogP contribution in [0.5, 0.6) is 0 Å². The van der Waals surface area contributed by atoms with Crippen LogP contribution in [0.2, 0.25) is 0 Å². The Kier molecular flexibility index (Phi) is 5.62. The molecule has 0 rings (SSSR count). The third-order valence-electron chi connectivity index (χ3n) is 2.17. The van der Waals surface area contributed by atoms with Crippen LogP contribution in [0.3, 0.4) is 0 Å². The Labute approximate surface area is 84.5 Å². The fourth-order valence-corrected chi connectivity index (χ4v) is 1.46. The van der Waals surface area contributed by atoms with Gasteiger partial charge in [0.15, 0.2) is 0 Å². The van der Waals surface area contributed by atoms with Gasteiger partial charge in [0.25, 0.3) is 0 Å². The van der Waals surface area contributed by atoms with Gasteiger partial charge in [-0.05, 0) is 30.8 Å². The first-order chi connectivity index (χ1) is 5.85. The number of nitrogens with zero attached hydrogens (tertiary/aromatic N) is 1. The lowest BCUT2D eigenvalue weighted by atomic mass is 9.95. The van der Waals surface area contributed by atoms with Crippen molar-refractivity contribution in [2.24, 2.45) is 11.3 Å². The highest BCUT2D eigenvalue weighted by Gasteiger charge is 2.14. The molecule has 0 bridgehead atoms. The monoisotopic (exact) mass is 185 g/mol. The Hall–Kier alpha value is -0.0400. The number of hydrogen-bond donors (Lipinski definition) is 0. The Balaban J connectivity index is 3.76. The topological polar surface area (TPSA) is 3.24 Å². The Morgan fingerprint density at radius 1 is 1.15 bits per heavy atom. The third kappa shape index (κ3) is 8.29. The molecule has 0 aliphatic rings. The standard InChI is InChI=1S/C12H27N/c1-7-13(9-8-11(2)3)10-12(4,5)6/h11H,7-10H2,1-6H3. The second-order valence-corrected chi connectivity index (χ2v) is 5.61. The first-order valence-corrected chi connectivity index (χ1v) is 5.57. The molecular weight excluding hydrogens is 158 g/mol. The van der Waals surface area contributed by atoms with Crippen LogP contribution in [0.4, 0.5) is 0 Å². The molecule has 0 atom stereocenters. The molecule has 0 aliphatic heterocycles. The molecule has 0 fully saturated rings. The van der Waals surface area contributed by atoms with Crippen molar-refractivity contribution in [1.29, 1.82) is 0 Å². The Morgan fingerprint density at radius 3 is 2.00 bits per heavy atom. The molecule has 1 heteroatoms. The van der Waals surface area contributed by atoms with Crippen LogP contribution in [0, 0.1) is 11.3 Å². The van der Waals surface area contributed by atoms with Gasteiger partial charge in [-0.25, -0.2) is 0 Å².